The Morgan fingerprint density at radius 3 is 2.41 bits per heavy atom. The fourth-order valence-corrected chi connectivity index (χ4v) is 3.99. The van der Waals surface area contributed by atoms with E-state index in [1.807, 2.05) is 72.3 Å². The van der Waals surface area contributed by atoms with Crippen molar-refractivity contribution >= 4 is 22.4 Å². The van der Waals surface area contributed by atoms with Crippen molar-refractivity contribution in [3.63, 3.8) is 0 Å². The van der Waals surface area contributed by atoms with E-state index in [2.05, 4.69) is 48.6 Å². The van der Waals surface area contributed by atoms with Gasteiger partial charge in [-0.2, -0.15) is 5.10 Å². The molecule has 0 aliphatic carbocycles. The third-order valence-corrected chi connectivity index (χ3v) is 5.65. The fourth-order valence-electron chi connectivity index (χ4n) is 3.99. The lowest BCUT2D eigenvalue weighted by atomic mass is 10.0. The molecular formula is C28H23N3O. The van der Waals surface area contributed by atoms with E-state index in [0.29, 0.717) is 5.69 Å². The Kier molecular flexibility index (Phi) is 5.04. The molecule has 4 nitrogen and oxygen atoms in total. The average Bonchev–Trinajstić information content (AvgIpc) is 3.26. The maximum atomic E-state index is 13.1. The number of carbonyl (C=O) groups excluding carboxylic acids is 1. The van der Waals surface area contributed by atoms with Crippen molar-refractivity contribution in [3.05, 3.63) is 114 Å². The number of fused-ring (bicyclic) bond motifs is 1. The largest absolute Gasteiger partial charge is 0.320 e. The van der Waals surface area contributed by atoms with Crippen molar-refractivity contribution < 1.29 is 4.79 Å². The first kappa shape index (κ1) is 19.8. The lowest BCUT2D eigenvalue weighted by Gasteiger charge is -2.10. The summed E-state index contributed by atoms with van der Waals surface area (Å²) in [5.74, 6) is -0.229. The first-order valence-electron chi connectivity index (χ1n) is 10.6. The minimum Gasteiger partial charge on any atom is -0.320 e. The zero-order chi connectivity index (χ0) is 22.1. The molecule has 0 saturated carbocycles. The number of aryl methyl sites for hydroxylation is 2. The van der Waals surface area contributed by atoms with Crippen molar-refractivity contribution in [2.75, 3.05) is 5.32 Å². The van der Waals surface area contributed by atoms with Gasteiger partial charge in [-0.3, -0.25) is 4.79 Å². The number of anilines is 1. The first-order valence-corrected chi connectivity index (χ1v) is 10.6. The SMILES string of the molecule is Cc1cccc(-n2nc(C(=O)Nc3ccccc3C)cc2-c2cccc3ccccc23)c1. The molecule has 0 spiro atoms. The molecule has 4 heteroatoms. The predicted molar refractivity (Wildman–Crippen MR) is 130 cm³/mol. The summed E-state index contributed by atoms with van der Waals surface area (Å²) >= 11 is 0. The number of benzene rings is 4. The van der Waals surface area contributed by atoms with Crippen LogP contribution in [0.3, 0.4) is 0 Å². The van der Waals surface area contributed by atoms with E-state index in [0.717, 1.165) is 44.5 Å². The Bertz CT molecular complexity index is 1440. The number of amides is 1. The Balaban J connectivity index is 1.66. The summed E-state index contributed by atoms with van der Waals surface area (Å²) in [5, 5.41) is 10.0. The molecule has 5 aromatic rings. The number of hydrogen-bond donors (Lipinski definition) is 1. The van der Waals surface area contributed by atoms with Crippen LogP contribution in [0.1, 0.15) is 21.6 Å². The topological polar surface area (TPSA) is 46.9 Å². The van der Waals surface area contributed by atoms with Crippen LogP contribution in [0, 0.1) is 13.8 Å². The van der Waals surface area contributed by atoms with Gasteiger partial charge in [-0.15, -0.1) is 0 Å². The molecule has 0 atom stereocenters. The molecule has 32 heavy (non-hydrogen) atoms. The van der Waals surface area contributed by atoms with Crippen molar-refractivity contribution in [2.45, 2.75) is 13.8 Å². The van der Waals surface area contributed by atoms with Crippen molar-refractivity contribution in [3.8, 4) is 16.9 Å². The Morgan fingerprint density at radius 1 is 0.812 bits per heavy atom. The molecule has 4 aromatic carbocycles. The molecule has 0 aliphatic heterocycles. The van der Waals surface area contributed by atoms with Crippen LogP contribution >= 0.6 is 0 Å². The van der Waals surface area contributed by atoms with E-state index >= 15 is 0 Å². The summed E-state index contributed by atoms with van der Waals surface area (Å²) in [5.41, 5.74) is 6.13. The summed E-state index contributed by atoms with van der Waals surface area (Å²) in [6, 6.07) is 32.2. The van der Waals surface area contributed by atoms with E-state index in [9.17, 15) is 4.79 Å². The molecule has 0 aliphatic rings. The number of para-hydroxylation sites is 1. The van der Waals surface area contributed by atoms with Gasteiger partial charge in [-0.05, 0) is 60.0 Å². The molecule has 1 amide bonds. The van der Waals surface area contributed by atoms with Gasteiger partial charge in [0.1, 0.15) is 0 Å². The molecule has 156 valence electrons. The molecule has 1 N–H and O–H groups in total. The van der Waals surface area contributed by atoms with Gasteiger partial charge >= 0.3 is 0 Å². The van der Waals surface area contributed by atoms with Crippen molar-refractivity contribution in [2.24, 2.45) is 0 Å². The third-order valence-electron chi connectivity index (χ3n) is 5.65. The highest BCUT2D eigenvalue weighted by Gasteiger charge is 2.19. The van der Waals surface area contributed by atoms with Crippen LogP contribution in [0.5, 0.6) is 0 Å². The zero-order valence-electron chi connectivity index (χ0n) is 18.0. The van der Waals surface area contributed by atoms with Gasteiger partial charge in [0.05, 0.1) is 11.4 Å². The third kappa shape index (κ3) is 3.67. The van der Waals surface area contributed by atoms with Crippen molar-refractivity contribution in [1.29, 1.82) is 0 Å². The number of rotatable bonds is 4. The number of nitrogens with zero attached hydrogens (tertiary/aromatic N) is 2. The van der Waals surface area contributed by atoms with Crippen molar-refractivity contribution in [1.82, 2.24) is 9.78 Å². The van der Waals surface area contributed by atoms with Crippen LogP contribution in [-0.4, -0.2) is 15.7 Å². The van der Waals surface area contributed by atoms with Crippen LogP contribution in [0.25, 0.3) is 27.7 Å². The molecular weight excluding hydrogens is 394 g/mol. The summed E-state index contributed by atoms with van der Waals surface area (Å²) in [6.07, 6.45) is 0. The Hall–Kier alpha value is -4.18. The molecule has 0 radical (unpaired) electrons. The van der Waals surface area contributed by atoms with E-state index in [1.54, 1.807) is 0 Å². The highest BCUT2D eigenvalue weighted by Crippen LogP contribution is 2.31. The van der Waals surface area contributed by atoms with E-state index in [4.69, 9.17) is 5.10 Å². The molecule has 0 fully saturated rings. The van der Waals surface area contributed by atoms with E-state index < -0.39 is 0 Å². The average molecular weight is 418 g/mol. The lowest BCUT2D eigenvalue weighted by molar-refractivity contribution is 0.102. The number of nitrogens with one attached hydrogen (secondary N) is 1. The van der Waals surface area contributed by atoms with Gasteiger partial charge in [-0.1, -0.05) is 72.8 Å². The maximum Gasteiger partial charge on any atom is 0.276 e. The Labute approximate surface area is 187 Å². The highest BCUT2D eigenvalue weighted by molar-refractivity contribution is 6.05. The summed E-state index contributed by atoms with van der Waals surface area (Å²) in [4.78, 5) is 13.1. The molecule has 5 rings (SSSR count). The van der Waals surface area contributed by atoms with Crippen LogP contribution < -0.4 is 5.32 Å². The van der Waals surface area contributed by atoms with Gasteiger partial charge in [0.2, 0.25) is 0 Å². The van der Waals surface area contributed by atoms with Crippen LogP contribution in [-0.2, 0) is 0 Å². The van der Waals surface area contributed by atoms with Gasteiger partial charge in [0.15, 0.2) is 5.69 Å². The highest BCUT2D eigenvalue weighted by atomic mass is 16.2. The smallest absolute Gasteiger partial charge is 0.276 e. The van der Waals surface area contributed by atoms with Gasteiger partial charge in [0, 0.05) is 11.3 Å². The van der Waals surface area contributed by atoms with Gasteiger partial charge in [0.25, 0.3) is 5.91 Å². The second-order valence-electron chi connectivity index (χ2n) is 7.96. The van der Waals surface area contributed by atoms with Gasteiger partial charge < -0.3 is 5.32 Å². The van der Waals surface area contributed by atoms with Crippen LogP contribution in [0.4, 0.5) is 5.69 Å². The minimum absolute atomic E-state index is 0.229. The second-order valence-corrected chi connectivity index (χ2v) is 7.96. The molecule has 1 aromatic heterocycles. The van der Waals surface area contributed by atoms with Crippen LogP contribution in [0.2, 0.25) is 0 Å². The predicted octanol–water partition coefficient (Wildman–Crippen LogP) is 6.56. The summed E-state index contributed by atoms with van der Waals surface area (Å²) in [6.45, 7) is 4.03. The number of hydrogen-bond acceptors (Lipinski definition) is 2. The molecule has 0 unspecified atom stereocenters. The van der Waals surface area contributed by atoms with E-state index in [-0.39, 0.29) is 5.91 Å². The fraction of sp³-hybridized carbons (Fsp3) is 0.0714. The lowest BCUT2D eigenvalue weighted by Crippen LogP contribution is -2.14. The number of aromatic nitrogens is 2. The summed E-state index contributed by atoms with van der Waals surface area (Å²) in [7, 11) is 0. The summed E-state index contributed by atoms with van der Waals surface area (Å²) < 4.78 is 1.86. The molecule has 1 heterocycles. The Morgan fingerprint density at radius 2 is 1.56 bits per heavy atom. The zero-order valence-corrected chi connectivity index (χ0v) is 18.0. The number of carbonyl (C=O) groups is 1. The molecule has 0 bridgehead atoms. The van der Waals surface area contributed by atoms with E-state index in [1.165, 1.54) is 0 Å². The maximum absolute atomic E-state index is 13.1. The normalized spacial score (nSPS) is 10.9. The quantitative estimate of drug-likeness (QED) is 0.360. The van der Waals surface area contributed by atoms with Gasteiger partial charge in [-0.25, -0.2) is 4.68 Å². The van der Waals surface area contributed by atoms with Crippen LogP contribution in [0.15, 0.2) is 97.1 Å². The first-order chi connectivity index (χ1) is 15.6. The standard InChI is InChI=1S/C28H23N3O/c1-19-9-7-13-22(17-19)31-27(24-15-8-12-21-11-4-5-14-23(21)24)18-26(30-31)28(32)29-25-16-6-3-10-20(25)2/h3-18H,1-2H3,(H,29,32). The monoisotopic (exact) mass is 417 g/mol. The minimum atomic E-state index is -0.229. The second kappa shape index (κ2) is 8.16. The molecule has 0 saturated heterocycles.